The maximum Gasteiger partial charge on any atom is 0.337 e. The molecule has 0 aliphatic heterocycles. The van der Waals surface area contributed by atoms with Gasteiger partial charge in [0, 0.05) is 4.70 Å². The van der Waals surface area contributed by atoms with E-state index in [2.05, 4.69) is 4.74 Å². The van der Waals surface area contributed by atoms with E-state index in [1.165, 1.54) is 7.11 Å². The fourth-order valence-electron chi connectivity index (χ4n) is 1.20. The van der Waals surface area contributed by atoms with Gasteiger partial charge in [-0.2, -0.15) is 0 Å². The van der Waals surface area contributed by atoms with Gasteiger partial charge in [-0.25, -0.2) is 4.79 Å². The Morgan fingerprint density at radius 2 is 2.23 bits per heavy atom. The summed E-state index contributed by atoms with van der Waals surface area (Å²) in [5.41, 5.74) is 0.609. The van der Waals surface area contributed by atoms with E-state index >= 15 is 0 Å². The number of esters is 1. The highest BCUT2D eigenvalue weighted by molar-refractivity contribution is 7.17. The number of thiophene rings is 1. The molecule has 2 rings (SSSR count). The summed E-state index contributed by atoms with van der Waals surface area (Å²) in [5.74, 6) is -0.282. The van der Waals surface area contributed by atoms with Crippen LogP contribution in [0.4, 0.5) is 0 Å². The van der Waals surface area contributed by atoms with Crippen molar-refractivity contribution in [2.24, 2.45) is 0 Å². The predicted molar refractivity (Wildman–Crippen MR) is 53.2 cm³/mol. The van der Waals surface area contributed by atoms with Gasteiger partial charge in [0.1, 0.15) is 0 Å². The van der Waals surface area contributed by atoms with Crippen molar-refractivity contribution >= 4 is 27.4 Å². The van der Waals surface area contributed by atoms with Gasteiger partial charge in [0.2, 0.25) is 0 Å². The van der Waals surface area contributed by atoms with Crippen molar-refractivity contribution in [3.63, 3.8) is 0 Å². The molecule has 1 aromatic carbocycles. The van der Waals surface area contributed by atoms with Gasteiger partial charge >= 0.3 is 5.97 Å². The number of methoxy groups -OCH3 is 1. The number of benzene rings is 1. The molecule has 66 valence electrons. The Morgan fingerprint density at radius 1 is 1.38 bits per heavy atom. The molecule has 13 heavy (non-hydrogen) atoms. The lowest BCUT2D eigenvalue weighted by Gasteiger charge is -1.97. The lowest BCUT2D eigenvalue weighted by atomic mass is 10.2. The maximum absolute atomic E-state index is 11.2. The molecule has 0 N–H and O–H groups in total. The largest absolute Gasteiger partial charge is 0.465 e. The Hall–Kier alpha value is -1.35. The van der Waals surface area contributed by atoms with Crippen LogP contribution >= 0.6 is 11.3 Å². The van der Waals surface area contributed by atoms with Gasteiger partial charge in [0.15, 0.2) is 0 Å². The Balaban J connectivity index is 2.54. The molecule has 0 spiro atoms. The van der Waals surface area contributed by atoms with Crippen LogP contribution in [0.1, 0.15) is 10.4 Å². The van der Waals surface area contributed by atoms with Crippen LogP contribution in [-0.4, -0.2) is 13.1 Å². The first-order valence-electron chi connectivity index (χ1n) is 3.87. The summed E-state index contributed by atoms with van der Waals surface area (Å²) in [6.45, 7) is 0. The van der Waals surface area contributed by atoms with E-state index in [1.54, 1.807) is 17.4 Å². The second kappa shape index (κ2) is 3.18. The summed E-state index contributed by atoms with van der Waals surface area (Å²) in [7, 11) is 1.39. The van der Waals surface area contributed by atoms with Crippen molar-refractivity contribution in [2.45, 2.75) is 0 Å². The van der Waals surface area contributed by atoms with E-state index in [0.717, 1.165) is 10.1 Å². The molecule has 2 nitrogen and oxygen atoms in total. The molecule has 0 saturated carbocycles. The standard InChI is InChI=1S/C10H8O2S/c1-12-10(11)8-3-2-7-4-5-13-9(7)6-8/h2-6H,1H3. The monoisotopic (exact) mass is 192 g/mol. The van der Waals surface area contributed by atoms with Gasteiger partial charge in [-0.3, -0.25) is 0 Å². The lowest BCUT2D eigenvalue weighted by Crippen LogP contribution is -1.99. The van der Waals surface area contributed by atoms with Crippen LogP contribution in [0.15, 0.2) is 29.6 Å². The van der Waals surface area contributed by atoms with Gasteiger partial charge in [-0.1, -0.05) is 6.07 Å². The number of rotatable bonds is 1. The van der Waals surface area contributed by atoms with Crippen LogP contribution in [0.5, 0.6) is 0 Å². The van der Waals surface area contributed by atoms with Crippen LogP contribution < -0.4 is 0 Å². The predicted octanol–water partition coefficient (Wildman–Crippen LogP) is 2.69. The minimum Gasteiger partial charge on any atom is -0.465 e. The van der Waals surface area contributed by atoms with E-state index in [4.69, 9.17) is 0 Å². The Labute approximate surface area is 79.8 Å². The van der Waals surface area contributed by atoms with E-state index in [-0.39, 0.29) is 5.97 Å². The molecule has 0 amide bonds. The summed E-state index contributed by atoms with van der Waals surface area (Å²) < 4.78 is 5.74. The Morgan fingerprint density at radius 3 is 3.00 bits per heavy atom. The Bertz CT molecular complexity index is 445. The minimum atomic E-state index is -0.282. The van der Waals surface area contributed by atoms with Crippen LogP contribution in [0.25, 0.3) is 10.1 Å². The average Bonchev–Trinajstić information content (AvgIpc) is 2.63. The van der Waals surface area contributed by atoms with Gasteiger partial charge in [-0.15, -0.1) is 11.3 Å². The third kappa shape index (κ3) is 1.42. The number of carbonyl (C=O) groups is 1. The molecule has 0 radical (unpaired) electrons. The molecule has 0 aliphatic rings. The van der Waals surface area contributed by atoms with Gasteiger partial charge in [-0.05, 0) is 29.0 Å². The third-order valence-electron chi connectivity index (χ3n) is 1.88. The number of ether oxygens (including phenoxy) is 1. The first kappa shape index (κ1) is 8.26. The first-order valence-corrected chi connectivity index (χ1v) is 4.75. The van der Waals surface area contributed by atoms with Crippen molar-refractivity contribution in [1.29, 1.82) is 0 Å². The molecule has 0 unspecified atom stereocenters. The van der Waals surface area contributed by atoms with E-state index in [9.17, 15) is 4.79 Å². The quantitative estimate of drug-likeness (QED) is 0.649. The van der Waals surface area contributed by atoms with Crippen molar-refractivity contribution < 1.29 is 9.53 Å². The molecule has 1 heterocycles. The average molecular weight is 192 g/mol. The summed E-state index contributed by atoms with van der Waals surface area (Å²) in [6, 6.07) is 7.59. The number of hydrogen-bond donors (Lipinski definition) is 0. The van der Waals surface area contributed by atoms with Crippen LogP contribution in [0.2, 0.25) is 0 Å². The van der Waals surface area contributed by atoms with Crippen molar-refractivity contribution in [1.82, 2.24) is 0 Å². The zero-order chi connectivity index (χ0) is 9.26. The topological polar surface area (TPSA) is 26.3 Å². The molecular formula is C10H8O2S. The fraction of sp³-hybridized carbons (Fsp3) is 0.100. The van der Waals surface area contributed by atoms with Crippen molar-refractivity contribution in [3.05, 3.63) is 35.2 Å². The summed E-state index contributed by atoms with van der Waals surface area (Å²) in [5, 5.41) is 3.17. The summed E-state index contributed by atoms with van der Waals surface area (Å²) in [6.07, 6.45) is 0. The number of hydrogen-bond acceptors (Lipinski definition) is 3. The highest BCUT2D eigenvalue weighted by Gasteiger charge is 2.05. The molecule has 0 atom stereocenters. The van der Waals surface area contributed by atoms with E-state index in [0.29, 0.717) is 5.56 Å². The zero-order valence-electron chi connectivity index (χ0n) is 7.11. The Kier molecular flexibility index (Phi) is 2.02. The number of fused-ring (bicyclic) bond motifs is 1. The van der Waals surface area contributed by atoms with Gasteiger partial charge in [0.25, 0.3) is 0 Å². The minimum absolute atomic E-state index is 0.282. The molecule has 0 saturated heterocycles. The molecule has 0 bridgehead atoms. The summed E-state index contributed by atoms with van der Waals surface area (Å²) >= 11 is 1.62. The second-order valence-corrected chi connectivity index (χ2v) is 3.61. The maximum atomic E-state index is 11.2. The fourth-order valence-corrected chi connectivity index (χ4v) is 2.03. The summed E-state index contributed by atoms with van der Waals surface area (Å²) in [4.78, 5) is 11.2. The molecule has 2 aromatic rings. The van der Waals surface area contributed by atoms with Crippen molar-refractivity contribution in [2.75, 3.05) is 7.11 Å². The second-order valence-electron chi connectivity index (χ2n) is 2.66. The van der Waals surface area contributed by atoms with Crippen molar-refractivity contribution in [3.8, 4) is 0 Å². The molecular weight excluding hydrogens is 184 g/mol. The normalized spacial score (nSPS) is 10.2. The number of carbonyl (C=O) groups excluding carboxylic acids is 1. The molecule has 0 aliphatic carbocycles. The highest BCUT2D eigenvalue weighted by Crippen LogP contribution is 2.21. The van der Waals surface area contributed by atoms with Crippen LogP contribution in [0.3, 0.4) is 0 Å². The smallest absolute Gasteiger partial charge is 0.337 e. The molecule has 1 aromatic heterocycles. The molecule has 0 fully saturated rings. The van der Waals surface area contributed by atoms with Crippen LogP contribution in [-0.2, 0) is 4.74 Å². The lowest BCUT2D eigenvalue weighted by molar-refractivity contribution is 0.0601. The molecule has 3 heteroatoms. The zero-order valence-corrected chi connectivity index (χ0v) is 7.93. The highest BCUT2D eigenvalue weighted by atomic mass is 32.1. The van der Waals surface area contributed by atoms with Crippen LogP contribution in [0, 0.1) is 0 Å². The van der Waals surface area contributed by atoms with Gasteiger partial charge < -0.3 is 4.74 Å². The first-order chi connectivity index (χ1) is 6.31. The van der Waals surface area contributed by atoms with Gasteiger partial charge in [0.05, 0.1) is 12.7 Å². The third-order valence-corrected chi connectivity index (χ3v) is 2.76. The SMILES string of the molecule is COC(=O)c1ccc2ccsc2c1. The van der Waals surface area contributed by atoms with E-state index < -0.39 is 0 Å². The van der Waals surface area contributed by atoms with E-state index in [1.807, 2.05) is 23.6 Å².